The molecule has 0 saturated carbocycles. The Kier molecular flexibility index (Phi) is 6.53. The molecule has 5 heterocycles. The van der Waals surface area contributed by atoms with Crippen LogP contribution in [0.25, 0.3) is 0 Å². The molecule has 3 fully saturated rings. The molecule has 5 rings (SSSR count). The Bertz CT molecular complexity index is 895. The maximum absolute atomic E-state index is 12.3. The van der Waals surface area contributed by atoms with Gasteiger partial charge in [-0.1, -0.05) is 6.92 Å². The minimum absolute atomic E-state index is 0.156. The number of aromatic nitrogens is 1. The number of nitrogens with zero attached hydrogens (tertiary/aromatic N) is 3. The van der Waals surface area contributed by atoms with Crippen LogP contribution in [0.1, 0.15) is 42.4 Å². The number of fused-ring (bicyclic) bond motifs is 4. The van der Waals surface area contributed by atoms with Gasteiger partial charge in [0.05, 0.1) is 30.6 Å². The van der Waals surface area contributed by atoms with Crippen molar-refractivity contribution in [2.75, 3.05) is 51.3 Å². The van der Waals surface area contributed by atoms with Crippen molar-refractivity contribution in [1.29, 1.82) is 0 Å². The van der Waals surface area contributed by atoms with Crippen molar-refractivity contribution in [3.8, 4) is 0 Å². The predicted octanol–water partition coefficient (Wildman–Crippen LogP) is 0.355. The summed E-state index contributed by atoms with van der Waals surface area (Å²) in [7, 11) is 1.62. The average Bonchev–Trinajstić information content (AvgIpc) is 3.01. The molecule has 3 saturated heterocycles. The Morgan fingerprint density at radius 2 is 2.15 bits per heavy atom. The molecule has 33 heavy (non-hydrogen) atoms. The molecule has 4 unspecified atom stereocenters. The highest BCUT2D eigenvalue weighted by Crippen LogP contribution is 2.30. The lowest BCUT2D eigenvalue weighted by atomic mass is 9.80. The number of pyridine rings is 1. The lowest BCUT2D eigenvalue weighted by molar-refractivity contribution is -0.129. The van der Waals surface area contributed by atoms with Crippen LogP contribution in [0.5, 0.6) is 0 Å². The van der Waals surface area contributed by atoms with Gasteiger partial charge in [0.15, 0.2) is 0 Å². The van der Waals surface area contributed by atoms with E-state index in [9.17, 15) is 9.59 Å². The third-order valence-corrected chi connectivity index (χ3v) is 7.82. The smallest absolute Gasteiger partial charge is 0.269 e. The molecule has 4 aliphatic rings. The standard InChI is InChI=1S/C24H36N6O3/c1-3-16-9-19-20(28-23(16)31)8-15(10-26-19)11-29-6-7-30-17(12-29)13-33-14-21-22(30)5-4-18(27-21)24(32)25-2/h4-5,15-17,19-20,26H,3,6-14H2,1-2H3,(H,25,32)(H,28,31)/t15?,16?,17-,19?,20?/m1/s1. The summed E-state index contributed by atoms with van der Waals surface area (Å²) in [5.74, 6) is 0.749. The zero-order chi connectivity index (χ0) is 22.9. The van der Waals surface area contributed by atoms with Crippen LogP contribution in [0, 0.1) is 11.8 Å². The summed E-state index contributed by atoms with van der Waals surface area (Å²) < 4.78 is 5.98. The summed E-state index contributed by atoms with van der Waals surface area (Å²) in [5, 5.41) is 9.65. The van der Waals surface area contributed by atoms with Crippen molar-refractivity contribution in [3.05, 3.63) is 23.5 Å². The van der Waals surface area contributed by atoms with Crippen LogP contribution in [-0.4, -0.2) is 86.2 Å². The van der Waals surface area contributed by atoms with E-state index in [1.165, 1.54) is 0 Å². The number of hydrogen-bond donors (Lipinski definition) is 3. The van der Waals surface area contributed by atoms with Gasteiger partial charge >= 0.3 is 0 Å². The predicted molar refractivity (Wildman–Crippen MR) is 125 cm³/mol. The Hall–Kier alpha value is -2.23. The minimum Gasteiger partial charge on any atom is -0.373 e. The molecule has 5 atom stereocenters. The van der Waals surface area contributed by atoms with Crippen LogP contribution in [0.3, 0.4) is 0 Å². The van der Waals surface area contributed by atoms with Gasteiger partial charge in [0.25, 0.3) is 5.91 Å². The zero-order valence-electron chi connectivity index (χ0n) is 19.7. The van der Waals surface area contributed by atoms with Crippen molar-refractivity contribution in [1.82, 2.24) is 25.8 Å². The fourth-order valence-corrected chi connectivity index (χ4v) is 6.00. The van der Waals surface area contributed by atoms with E-state index in [2.05, 4.69) is 37.7 Å². The Balaban J connectivity index is 1.20. The van der Waals surface area contributed by atoms with Crippen LogP contribution in [-0.2, 0) is 16.1 Å². The van der Waals surface area contributed by atoms with Crippen LogP contribution < -0.4 is 20.9 Å². The monoisotopic (exact) mass is 456 g/mol. The number of carbonyl (C=O) groups excluding carboxylic acids is 2. The summed E-state index contributed by atoms with van der Waals surface area (Å²) >= 11 is 0. The summed E-state index contributed by atoms with van der Waals surface area (Å²) in [6, 6.07) is 4.77. The van der Waals surface area contributed by atoms with E-state index in [0.717, 1.165) is 63.4 Å². The maximum atomic E-state index is 12.3. The van der Waals surface area contributed by atoms with E-state index in [1.54, 1.807) is 13.1 Å². The van der Waals surface area contributed by atoms with E-state index in [4.69, 9.17) is 4.74 Å². The molecule has 0 spiro atoms. The van der Waals surface area contributed by atoms with Crippen LogP contribution in [0.4, 0.5) is 5.69 Å². The molecule has 3 N–H and O–H groups in total. The molecule has 1 aromatic rings. The zero-order valence-corrected chi connectivity index (χ0v) is 19.7. The van der Waals surface area contributed by atoms with Crippen molar-refractivity contribution in [2.45, 2.75) is 50.9 Å². The molecule has 9 nitrogen and oxygen atoms in total. The van der Waals surface area contributed by atoms with Gasteiger partial charge in [0, 0.05) is 51.2 Å². The number of piperidine rings is 2. The number of hydrogen-bond acceptors (Lipinski definition) is 7. The number of rotatable bonds is 4. The minimum atomic E-state index is -0.175. The third-order valence-electron chi connectivity index (χ3n) is 7.82. The molecule has 9 heteroatoms. The van der Waals surface area contributed by atoms with Gasteiger partial charge in [-0.25, -0.2) is 4.98 Å². The van der Waals surface area contributed by atoms with Gasteiger partial charge < -0.3 is 25.6 Å². The fourth-order valence-electron chi connectivity index (χ4n) is 6.00. The van der Waals surface area contributed by atoms with Crippen LogP contribution in [0.2, 0.25) is 0 Å². The van der Waals surface area contributed by atoms with Gasteiger partial charge in [0.2, 0.25) is 5.91 Å². The molecule has 4 aliphatic heterocycles. The first-order valence-corrected chi connectivity index (χ1v) is 12.4. The quantitative estimate of drug-likeness (QED) is 0.602. The number of carbonyl (C=O) groups is 2. The number of anilines is 1. The van der Waals surface area contributed by atoms with E-state index in [-0.39, 0.29) is 29.8 Å². The second-order valence-corrected chi connectivity index (χ2v) is 9.94. The number of ether oxygens (including phenoxy) is 1. The third kappa shape index (κ3) is 4.58. The van der Waals surface area contributed by atoms with E-state index in [0.29, 0.717) is 30.9 Å². The van der Waals surface area contributed by atoms with Crippen molar-refractivity contribution in [3.63, 3.8) is 0 Å². The molecule has 1 aromatic heterocycles. The molecule has 0 radical (unpaired) electrons. The summed E-state index contributed by atoms with van der Waals surface area (Å²) in [4.78, 5) is 33.8. The van der Waals surface area contributed by atoms with Gasteiger partial charge in [-0.05, 0) is 43.9 Å². The van der Waals surface area contributed by atoms with Gasteiger partial charge in [0.1, 0.15) is 5.69 Å². The fraction of sp³-hybridized carbons (Fsp3) is 0.708. The summed E-state index contributed by atoms with van der Waals surface area (Å²) in [6.07, 6.45) is 2.93. The first-order valence-electron chi connectivity index (χ1n) is 12.4. The van der Waals surface area contributed by atoms with Crippen molar-refractivity contribution in [2.24, 2.45) is 11.8 Å². The van der Waals surface area contributed by atoms with E-state index < -0.39 is 0 Å². The Morgan fingerprint density at radius 3 is 2.97 bits per heavy atom. The lowest BCUT2D eigenvalue weighted by Gasteiger charge is -2.46. The van der Waals surface area contributed by atoms with Crippen LogP contribution >= 0.6 is 0 Å². The Labute approximate surface area is 195 Å². The SMILES string of the molecule is CCC1CC2NCC(CN3CCN4c5ccc(C(=O)NC)nc5COC[C@H]4C3)CC2NC1=O. The number of piperazine rings is 1. The highest BCUT2D eigenvalue weighted by molar-refractivity contribution is 5.92. The molecule has 0 bridgehead atoms. The largest absolute Gasteiger partial charge is 0.373 e. The maximum Gasteiger partial charge on any atom is 0.269 e. The van der Waals surface area contributed by atoms with E-state index in [1.807, 2.05) is 6.07 Å². The van der Waals surface area contributed by atoms with Crippen molar-refractivity contribution >= 4 is 17.5 Å². The average molecular weight is 457 g/mol. The topological polar surface area (TPSA) is 98.8 Å². The second-order valence-electron chi connectivity index (χ2n) is 9.94. The highest BCUT2D eigenvalue weighted by atomic mass is 16.5. The summed E-state index contributed by atoms with van der Waals surface area (Å²) in [6.45, 7) is 8.10. The molecular weight excluding hydrogens is 420 g/mol. The molecule has 0 aromatic carbocycles. The second kappa shape index (κ2) is 9.56. The number of amides is 2. The van der Waals surface area contributed by atoms with Gasteiger partial charge in [-0.2, -0.15) is 0 Å². The van der Waals surface area contributed by atoms with Gasteiger partial charge in [-0.3, -0.25) is 14.5 Å². The molecular formula is C24H36N6O3. The van der Waals surface area contributed by atoms with Crippen molar-refractivity contribution < 1.29 is 14.3 Å². The summed E-state index contributed by atoms with van der Waals surface area (Å²) in [5.41, 5.74) is 2.36. The first-order chi connectivity index (χ1) is 16.1. The van der Waals surface area contributed by atoms with Gasteiger partial charge in [-0.15, -0.1) is 0 Å². The molecule has 2 amide bonds. The highest BCUT2D eigenvalue weighted by Gasteiger charge is 2.39. The molecule has 180 valence electrons. The lowest BCUT2D eigenvalue weighted by Crippen LogP contribution is -2.63. The Morgan fingerprint density at radius 1 is 1.27 bits per heavy atom. The first kappa shape index (κ1) is 22.6. The van der Waals surface area contributed by atoms with Crippen LogP contribution in [0.15, 0.2) is 12.1 Å². The van der Waals surface area contributed by atoms with E-state index >= 15 is 0 Å². The normalized spacial score (nSPS) is 32.1. The molecule has 0 aliphatic carbocycles. The number of nitrogens with one attached hydrogen (secondary N) is 3.